The van der Waals surface area contributed by atoms with Gasteiger partial charge in [0, 0.05) is 21.7 Å². The molecule has 6 nitrogen and oxygen atoms in total. The molecule has 0 saturated heterocycles. The zero-order chi connectivity index (χ0) is 18.9. The van der Waals surface area contributed by atoms with Crippen LogP contribution in [0.1, 0.15) is 48.3 Å². The summed E-state index contributed by atoms with van der Waals surface area (Å²) in [4.78, 5) is 17.0. The number of fused-ring (bicyclic) bond motifs is 1. The quantitative estimate of drug-likeness (QED) is 0.481. The topological polar surface area (TPSA) is 77.5 Å². The highest BCUT2D eigenvalue weighted by Gasteiger charge is 2.34. The lowest BCUT2D eigenvalue weighted by molar-refractivity contribution is 0.100. The van der Waals surface area contributed by atoms with Crippen LogP contribution in [0.2, 0.25) is 5.02 Å². The highest BCUT2D eigenvalue weighted by atomic mass is 35.5. The van der Waals surface area contributed by atoms with Crippen LogP contribution in [0.5, 0.6) is 0 Å². The first kappa shape index (κ1) is 17.8. The molecular formula is C20H22ClN5O. The molecule has 0 aromatic heterocycles. The maximum absolute atomic E-state index is 12.6. The van der Waals surface area contributed by atoms with Crippen LogP contribution in [0.25, 0.3) is 0 Å². The molecule has 2 aromatic rings. The van der Waals surface area contributed by atoms with Crippen LogP contribution in [-0.2, 0) is 0 Å². The Labute approximate surface area is 163 Å². The smallest absolute Gasteiger partial charge is 0.280 e. The third kappa shape index (κ3) is 3.91. The van der Waals surface area contributed by atoms with E-state index < -0.39 is 0 Å². The van der Waals surface area contributed by atoms with E-state index in [9.17, 15) is 4.79 Å². The molecule has 4 rings (SSSR count). The minimum absolute atomic E-state index is 0.0440. The molecule has 1 saturated carbocycles. The van der Waals surface area contributed by atoms with Gasteiger partial charge in [-0.1, -0.05) is 29.8 Å². The van der Waals surface area contributed by atoms with Crippen molar-refractivity contribution >= 4 is 29.2 Å². The van der Waals surface area contributed by atoms with Crippen molar-refractivity contribution in [1.29, 1.82) is 0 Å². The predicted octanol–water partition coefficient (Wildman–Crippen LogP) is 3.59. The number of benzene rings is 2. The van der Waals surface area contributed by atoms with Crippen molar-refractivity contribution in [2.45, 2.75) is 37.9 Å². The highest BCUT2D eigenvalue weighted by molar-refractivity contribution is 6.30. The molecule has 2 aromatic carbocycles. The van der Waals surface area contributed by atoms with Gasteiger partial charge in [-0.05, 0) is 56.5 Å². The Hall–Kier alpha value is -2.57. The number of guanidine groups is 1. The SMILES string of the molecule is CC1(N/C(=N/C(=O)c2ccc(Cl)cc2)NC2NNc3ccccc32)CCC1. The van der Waals surface area contributed by atoms with Gasteiger partial charge in [-0.15, -0.1) is 0 Å². The number of aliphatic imine (C=N–C) groups is 1. The molecular weight excluding hydrogens is 362 g/mol. The summed E-state index contributed by atoms with van der Waals surface area (Å²) in [6.45, 7) is 2.15. The van der Waals surface area contributed by atoms with Crippen LogP contribution >= 0.6 is 11.6 Å². The molecule has 0 radical (unpaired) electrons. The van der Waals surface area contributed by atoms with Crippen LogP contribution in [0.3, 0.4) is 0 Å². The Morgan fingerprint density at radius 3 is 2.63 bits per heavy atom. The standard InChI is InChI=1S/C20H22ClN5O/c1-20(11-4-12-20)24-19(23-18(27)13-7-9-14(21)10-8-13)22-17-15-5-2-3-6-16(15)25-26-17/h2-3,5-10,17,25-26H,4,11-12H2,1H3,(H2,22,23,24,27). The van der Waals surface area contributed by atoms with Gasteiger partial charge in [0.15, 0.2) is 0 Å². The summed E-state index contributed by atoms with van der Waals surface area (Å²) in [5.74, 6) is 0.150. The molecule has 1 heterocycles. The van der Waals surface area contributed by atoms with Crippen LogP contribution in [0, 0.1) is 0 Å². The molecule has 27 heavy (non-hydrogen) atoms. The Kier molecular flexibility index (Phi) is 4.76. The number of anilines is 1. The van der Waals surface area contributed by atoms with Crippen molar-refractivity contribution in [2.75, 3.05) is 5.43 Å². The second-order valence-electron chi connectivity index (χ2n) is 7.25. The van der Waals surface area contributed by atoms with Gasteiger partial charge in [0.25, 0.3) is 5.91 Å². The summed E-state index contributed by atoms with van der Waals surface area (Å²) >= 11 is 5.91. The van der Waals surface area contributed by atoms with Crippen molar-refractivity contribution in [3.8, 4) is 0 Å². The van der Waals surface area contributed by atoms with Gasteiger partial charge >= 0.3 is 0 Å². The lowest BCUT2D eigenvalue weighted by Crippen LogP contribution is -2.56. The second-order valence-corrected chi connectivity index (χ2v) is 7.68. The number of nitrogens with zero attached hydrogens (tertiary/aromatic N) is 1. The van der Waals surface area contributed by atoms with Gasteiger partial charge in [-0.3, -0.25) is 4.79 Å². The van der Waals surface area contributed by atoms with Crippen LogP contribution < -0.4 is 21.5 Å². The number of carbonyl (C=O) groups excluding carboxylic acids is 1. The van der Waals surface area contributed by atoms with E-state index in [0.717, 1.165) is 24.1 Å². The van der Waals surface area contributed by atoms with Crippen molar-refractivity contribution in [1.82, 2.24) is 16.1 Å². The molecule has 1 fully saturated rings. The maximum atomic E-state index is 12.6. The minimum atomic E-state index is -0.316. The number of hydrazine groups is 1. The van der Waals surface area contributed by atoms with Gasteiger partial charge in [0.1, 0.15) is 6.17 Å². The first-order chi connectivity index (χ1) is 13.0. The third-order valence-electron chi connectivity index (χ3n) is 5.09. The fourth-order valence-electron chi connectivity index (χ4n) is 3.31. The molecule has 1 aliphatic carbocycles. The number of carbonyl (C=O) groups is 1. The van der Waals surface area contributed by atoms with Crippen molar-refractivity contribution < 1.29 is 4.79 Å². The number of rotatable bonds is 3. The Morgan fingerprint density at radius 2 is 1.93 bits per heavy atom. The average molecular weight is 384 g/mol. The molecule has 140 valence electrons. The largest absolute Gasteiger partial charge is 0.351 e. The minimum Gasteiger partial charge on any atom is -0.351 e. The molecule has 1 amide bonds. The predicted molar refractivity (Wildman–Crippen MR) is 108 cm³/mol. The Balaban J connectivity index is 1.57. The molecule has 7 heteroatoms. The van der Waals surface area contributed by atoms with Crippen molar-refractivity contribution in [2.24, 2.45) is 4.99 Å². The zero-order valence-corrected chi connectivity index (χ0v) is 15.8. The van der Waals surface area contributed by atoms with E-state index in [4.69, 9.17) is 11.6 Å². The van der Waals surface area contributed by atoms with Crippen LogP contribution in [0.4, 0.5) is 5.69 Å². The van der Waals surface area contributed by atoms with E-state index in [0.29, 0.717) is 16.5 Å². The van der Waals surface area contributed by atoms with E-state index in [2.05, 4.69) is 33.4 Å². The molecule has 1 unspecified atom stereocenters. The van der Waals surface area contributed by atoms with E-state index in [-0.39, 0.29) is 17.6 Å². The normalized spacial score (nSPS) is 20.2. The molecule has 1 atom stereocenters. The van der Waals surface area contributed by atoms with E-state index in [1.807, 2.05) is 24.3 Å². The number of nitrogens with one attached hydrogen (secondary N) is 4. The van der Waals surface area contributed by atoms with Crippen molar-refractivity contribution in [3.05, 3.63) is 64.7 Å². The van der Waals surface area contributed by atoms with Gasteiger partial charge in [0.2, 0.25) is 5.96 Å². The molecule has 2 aliphatic rings. The monoisotopic (exact) mass is 383 g/mol. The summed E-state index contributed by atoms with van der Waals surface area (Å²) < 4.78 is 0. The summed E-state index contributed by atoms with van der Waals surface area (Å²) in [5, 5.41) is 7.34. The molecule has 1 aliphatic heterocycles. The number of halogens is 1. The molecule has 0 bridgehead atoms. The Morgan fingerprint density at radius 1 is 1.19 bits per heavy atom. The van der Waals surface area contributed by atoms with E-state index in [1.54, 1.807) is 24.3 Å². The first-order valence-electron chi connectivity index (χ1n) is 9.06. The van der Waals surface area contributed by atoms with Crippen LogP contribution in [-0.4, -0.2) is 17.4 Å². The van der Waals surface area contributed by atoms with Crippen LogP contribution in [0.15, 0.2) is 53.5 Å². The average Bonchev–Trinajstić information content (AvgIpc) is 3.04. The number of amides is 1. The van der Waals surface area contributed by atoms with Crippen molar-refractivity contribution in [3.63, 3.8) is 0 Å². The fraction of sp³-hybridized carbons (Fsp3) is 0.300. The zero-order valence-electron chi connectivity index (χ0n) is 15.1. The van der Waals surface area contributed by atoms with E-state index >= 15 is 0 Å². The highest BCUT2D eigenvalue weighted by Crippen LogP contribution is 2.31. The van der Waals surface area contributed by atoms with Gasteiger partial charge in [-0.2, -0.15) is 4.99 Å². The number of para-hydroxylation sites is 1. The van der Waals surface area contributed by atoms with Gasteiger partial charge in [-0.25, -0.2) is 5.43 Å². The summed E-state index contributed by atoms with van der Waals surface area (Å²) in [5.41, 5.74) is 8.86. The molecule has 4 N–H and O–H groups in total. The first-order valence-corrected chi connectivity index (χ1v) is 9.44. The van der Waals surface area contributed by atoms with Gasteiger partial charge in [0.05, 0.1) is 5.69 Å². The Bertz CT molecular complexity index is 876. The summed E-state index contributed by atoms with van der Waals surface area (Å²) in [6, 6.07) is 14.7. The lowest BCUT2D eigenvalue weighted by Gasteiger charge is -2.40. The number of hydrogen-bond donors (Lipinski definition) is 4. The number of hydrogen-bond acceptors (Lipinski definition) is 3. The summed E-state index contributed by atoms with van der Waals surface area (Å²) in [7, 11) is 0. The maximum Gasteiger partial charge on any atom is 0.280 e. The fourth-order valence-corrected chi connectivity index (χ4v) is 3.44. The third-order valence-corrected chi connectivity index (χ3v) is 5.34. The second kappa shape index (κ2) is 7.21. The van der Waals surface area contributed by atoms with E-state index in [1.165, 1.54) is 6.42 Å². The molecule has 0 spiro atoms. The van der Waals surface area contributed by atoms with Gasteiger partial charge < -0.3 is 16.1 Å². The summed E-state index contributed by atoms with van der Waals surface area (Å²) in [6.07, 6.45) is 3.09. The lowest BCUT2D eigenvalue weighted by atomic mass is 9.79.